The van der Waals surface area contributed by atoms with E-state index in [4.69, 9.17) is 9.47 Å². The van der Waals surface area contributed by atoms with Crippen LogP contribution in [-0.4, -0.2) is 49.6 Å². The summed E-state index contributed by atoms with van der Waals surface area (Å²) in [6, 6.07) is 0.00487. The largest absolute Gasteiger partial charge is 0.348 e. The summed E-state index contributed by atoms with van der Waals surface area (Å²) >= 11 is 0. The summed E-state index contributed by atoms with van der Waals surface area (Å²) in [4.78, 5) is 13.6. The maximum absolute atomic E-state index is 11.8. The summed E-state index contributed by atoms with van der Waals surface area (Å²) in [5, 5.41) is 2.95. The molecule has 0 saturated carbocycles. The molecular formula is C13H26N2O3. The van der Waals surface area contributed by atoms with E-state index in [1.807, 2.05) is 20.8 Å². The van der Waals surface area contributed by atoms with E-state index < -0.39 is 5.79 Å². The predicted molar refractivity (Wildman–Crippen MR) is 70.4 cm³/mol. The summed E-state index contributed by atoms with van der Waals surface area (Å²) in [7, 11) is 0. The van der Waals surface area contributed by atoms with Crippen LogP contribution in [0.25, 0.3) is 0 Å². The number of amides is 2. The Morgan fingerprint density at radius 3 is 2.39 bits per heavy atom. The molecule has 106 valence electrons. The zero-order valence-electron chi connectivity index (χ0n) is 12.0. The minimum atomic E-state index is -0.473. The van der Waals surface area contributed by atoms with Crippen LogP contribution in [0, 0.1) is 5.92 Å². The molecule has 5 heteroatoms. The van der Waals surface area contributed by atoms with Crippen molar-refractivity contribution in [1.29, 1.82) is 0 Å². The molecule has 18 heavy (non-hydrogen) atoms. The van der Waals surface area contributed by atoms with Crippen LogP contribution < -0.4 is 5.32 Å². The van der Waals surface area contributed by atoms with Crippen LogP contribution in [0.4, 0.5) is 4.79 Å². The monoisotopic (exact) mass is 258 g/mol. The van der Waals surface area contributed by atoms with Crippen LogP contribution in [0.1, 0.15) is 34.1 Å². The molecule has 1 unspecified atom stereocenters. The summed E-state index contributed by atoms with van der Waals surface area (Å²) in [6.45, 7) is 11.5. The standard InChI is InChI=1S/C13H26N2O3/c1-5-15(6-2)12(16)14-10-11(3)9-13(4)17-7-8-18-13/h11H,5-10H2,1-4H3,(H,14,16). The zero-order valence-corrected chi connectivity index (χ0v) is 12.0. The van der Waals surface area contributed by atoms with Crippen LogP contribution in [0.5, 0.6) is 0 Å². The second-order valence-electron chi connectivity index (χ2n) is 5.00. The van der Waals surface area contributed by atoms with Crippen molar-refractivity contribution in [3.63, 3.8) is 0 Å². The number of carbonyl (C=O) groups excluding carboxylic acids is 1. The Labute approximate surface area is 110 Å². The first kappa shape index (κ1) is 15.2. The number of carbonyl (C=O) groups is 1. The van der Waals surface area contributed by atoms with Crippen LogP contribution >= 0.6 is 0 Å². The molecule has 1 heterocycles. The van der Waals surface area contributed by atoms with Gasteiger partial charge in [-0.25, -0.2) is 4.79 Å². The van der Waals surface area contributed by atoms with E-state index in [0.29, 0.717) is 25.7 Å². The fourth-order valence-electron chi connectivity index (χ4n) is 2.26. The smallest absolute Gasteiger partial charge is 0.317 e. The first-order valence-electron chi connectivity index (χ1n) is 6.81. The summed E-state index contributed by atoms with van der Waals surface area (Å²) < 4.78 is 11.1. The number of nitrogens with zero attached hydrogens (tertiary/aromatic N) is 1. The van der Waals surface area contributed by atoms with Gasteiger partial charge in [-0.3, -0.25) is 0 Å². The van der Waals surface area contributed by atoms with Gasteiger partial charge >= 0.3 is 6.03 Å². The maximum atomic E-state index is 11.8. The Bertz CT molecular complexity index is 261. The van der Waals surface area contributed by atoms with Crippen molar-refractivity contribution < 1.29 is 14.3 Å². The molecule has 0 aromatic rings. The number of ether oxygens (including phenoxy) is 2. The Morgan fingerprint density at radius 2 is 1.89 bits per heavy atom. The molecule has 0 bridgehead atoms. The van der Waals surface area contributed by atoms with E-state index in [1.54, 1.807) is 4.90 Å². The van der Waals surface area contributed by atoms with Crippen LogP contribution in [-0.2, 0) is 9.47 Å². The molecule has 1 N–H and O–H groups in total. The average molecular weight is 258 g/mol. The van der Waals surface area contributed by atoms with Crippen molar-refractivity contribution in [3.8, 4) is 0 Å². The third-order valence-corrected chi connectivity index (χ3v) is 3.27. The summed E-state index contributed by atoms with van der Waals surface area (Å²) in [5.41, 5.74) is 0. The summed E-state index contributed by atoms with van der Waals surface area (Å²) in [6.07, 6.45) is 0.797. The van der Waals surface area contributed by atoms with Gasteiger partial charge in [-0.05, 0) is 26.7 Å². The lowest BCUT2D eigenvalue weighted by Crippen LogP contribution is -2.42. The Kier molecular flexibility index (Phi) is 5.88. The van der Waals surface area contributed by atoms with E-state index in [-0.39, 0.29) is 6.03 Å². The lowest BCUT2D eigenvalue weighted by Gasteiger charge is -2.27. The Balaban J connectivity index is 2.28. The number of rotatable bonds is 6. The van der Waals surface area contributed by atoms with E-state index in [1.165, 1.54) is 0 Å². The number of nitrogens with one attached hydrogen (secondary N) is 1. The molecule has 0 aromatic carbocycles. The highest BCUT2D eigenvalue weighted by molar-refractivity contribution is 5.74. The maximum Gasteiger partial charge on any atom is 0.317 e. The predicted octanol–water partition coefficient (Wildman–Crippen LogP) is 1.83. The van der Waals surface area contributed by atoms with Crippen molar-refractivity contribution >= 4 is 6.03 Å². The molecule has 1 aliphatic heterocycles. The molecule has 1 aliphatic rings. The number of hydrogen-bond acceptors (Lipinski definition) is 3. The quantitative estimate of drug-likeness (QED) is 0.790. The highest BCUT2D eigenvalue weighted by Gasteiger charge is 2.32. The van der Waals surface area contributed by atoms with Gasteiger partial charge in [0, 0.05) is 26.1 Å². The van der Waals surface area contributed by atoms with Crippen LogP contribution in [0.15, 0.2) is 0 Å². The highest BCUT2D eigenvalue weighted by Crippen LogP contribution is 2.26. The SMILES string of the molecule is CCN(CC)C(=O)NCC(C)CC1(C)OCCO1. The van der Waals surface area contributed by atoms with Gasteiger partial charge in [0.25, 0.3) is 0 Å². The molecule has 0 aromatic heterocycles. The molecule has 0 aliphatic carbocycles. The fraction of sp³-hybridized carbons (Fsp3) is 0.923. The normalized spacial score (nSPS) is 19.6. The molecule has 2 amide bonds. The minimum Gasteiger partial charge on any atom is -0.348 e. The molecule has 1 fully saturated rings. The Hall–Kier alpha value is -0.810. The average Bonchev–Trinajstić information content (AvgIpc) is 2.74. The van der Waals surface area contributed by atoms with E-state index in [0.717, 1.165) is 19.5 Å². The van der Waals surface area contributed by atoms with Crippen LogP contribution in [0.3, 0.4) is 0 Å². The first-order chi connectivity index (χ1) is 8.50. The fourth-order valence-corrected chi connectivity index (χ4v) is 2.26. The van der Waals surface area contributed by atoms with Crippen molar-refractivity contribution in [1.82, 2.24) is 10.2 Å². The van der Waals surface area contributed by atoms with Gasteiger partial charge in [-0.1, -0.05) is 6.92 Å². The van der Waals surface area contributed by atoms with E-state index in [9.17, 15) is 4.79 Å². The summed E-state index contributed by atoms with van der Waals surface area (Å²) in [5.74, 6) is -0.146. The lowest BCUT2D eigenvalue weighted by molar-refractivity contribution is -0.153. The third-order valence-electron chi connectivity index (χ3n) is 3.27. The first-order valence-corrected chi connectivity index (χ1v) is 6.81. The van der Waals surface area contributed by atoms with E-state index in [2.05, 4.69) is 12.2 Å². The minimum absolute atomic E-state index is 0.00487. The van der Waals surface area contributed by atoms with Crippen molar-refractivity contribution in [2.24, 2.45) is 5.92 Å². The molecule has 0 radical (unpaired) electrons. The molecule has 1 atom stereocenters. The number of hydrogen-bond donors (Lipinski definition) is 1. The molecule has 1 saturated heterocycles. The lowest BCUT2D eigenvalue weighted by atomic mass is 10.0. The van der Waals surface area contributed by atoms with Gasteiger partial charge < -0.3 is 19.7 Å². The Morgan fingerprint density at radius 1 is 1.33 bits per heavy atom. The third kappa shape index (κ3) is 4.46. The van der Waals surface area contributed by atoms with Gasteiger partial charge in [0.15, 0.2) is 5.79 Å². The molecule has 1 rings (SSSR count). The van der Waals surface area contributed by atoms with E-state index >= 15 is 0 Å². The zero-order chi connectivity index (χ0) is 13.6. The molecular weight excluding hydrogens is 232 g/mol. The topological polar surface area (TPSA) is 50.8 Å². The second-order valence-corrected chi connectivity index (χ2v) is 5.00. The second kappa shape index (κ2) is 6.95. The number of urea groups is 1. The van der Waals surface area contributed by atoms with Crippen molar-refractivity contribution in [2.75, 3.05) is 32.8 Å². The van der Waals surface area contributed by atoms with Crippen molar-refractivity contribution in [3.05, 3.63) is 0 Å². The van der Waals surface area contributed by atoms with Gasteiger partial charge in [0.2, 0.25) is 0 Å². The van der Waals surface area contributed by atoms with Gasteiger partial charge in [-0.2, -0.15) is 0 Å². The molecule has 0 spiro atoms. The molecule has 5 nitrogen and oxygen atoms in total. The van der Waals surface area contributed by atoms with Gasteiger partial charge in [-0.15, -0.1) is 0 Å². The van der Waals surface area contributed by atoms with Gasteiger partial charge in [0.05, 0.1) is 13.2 Å². The highest BCUT2D eigenvalue weighted by atomic mass is 16.7. The van der Waals surface area contributed by atoms with Gasteiger partial charge in [0.1, 0.15) is 0 Å². The van der Waals surface area contributed by atoms with Crippen LogP contribution in [0.2, 0.25) is 0 Å². The van der Waals surface area contributed by atoms with Crippen molar-refractivity contribution in [2.45, 2.75) is 39.9 Å².